The normalized spacial score (nSPS) is 22.3. The predicted molar refractivity (Wildman–Crippen MR) is 53.0 cm³/mol. The molecule has 76 valence electrons. The van der Waals surface area contributed by atoms with Gasteiger partial charge in [-0.15, -0.1) is 0 Å². The number of halogens is 2. The minimum Gasteiger partial charge on any atom is -0.378 e. The van der Waals surface area contributed by atoms with Gasteiger partial charge in [-0.1, -0.05) is 17.7 Å². The van der Waals surface area contributed by atoms with E-state index in [2.05, 4.69) is 5.32 Å². The lowest BCUT2D eigenvalue weighted by Gasteiger charge is -2.24. The third kappa shape index (κ3) is 2.05. The predicted octanol–water partition coefficient (Wildman–Crippen LogP) is 2.14. The Kier molecular flexibility index (Phi) is 3.01. The van der Waals surface area contributed by atoms with Crippen molar-refractivity contribution in [2.45, 2.75) is 6.04 Å². The fourth-order valence-corrected chi connectivity index (χ4v) is 1.63. The molecule has 1 N–H and O–H groups in total. The van der Waals surface area contributed by atoms with Gasteiger partial charge in [-0.3, -0.25) is 0 Å². The summed E-state index contributed by atoms with van der Waals surface area (Å²) in [6, 6.07) is 4.92. The van der Waals surface area contributed by atoms with Crippen LogP contribution in [-0.4, -0.2) is 19.8 Å². The Morgan fingerprint density at radius 2 is 2.36 bits per heavy atom. The summed E-state index contributed by atoms with van der Waals surface area (Å²) < 4.78 is 18.4. The van der Waals surface area contributed by atoms with Crippen LogP contribution in [0.1, 0.15) is 11.6 Å². The van der Waals surface area contributed by atoms with E-state index in [4.69, 9.17) is 16.3 Å². The summed E-state index contributed by atoms with van der Waals surface area (Å²) in [6.07, 6.45) is 0. The smallest absolute Gasteiger partial charge is 0.142 e. The van der Waals surface area contributed by atoms with Crippen molar-refractivity contribution in [3.8, 4) is 0 Å². The molecule has 1 aliphatic rings. The van der Waals surface area contributed by atoms with Gasteiger partial charge in [-0.05, 0) is 17.7 Å². The van der Waals surface area contributed by atoms with Gasteiger partial charge in [0, 0.05) is 6.54 Å². The minimum absolute atomic E-state index is 0.0792. The topological polar surface area (TPSA) is 21.3 Å². The first kappa shape index (κ1) is 9.90. The zero-order valence-corrected chi connectivity index (χ0v) is 8.35. The highest BCUT2D eigenvalue weighted by Gasteiger charge is 2.15. The Morgan fingerprint density at radius 3 is 3.00 bits per heavy atom. The first-order valence-corrected chi connectivity index (χ1v) is 4.91. The molecular formula is C10H11ClFNO. The Labute approximate surface area is 87.0 Å². The minimum atomic E-state index is -0.378. The number of benzene rings is 1. The fraction of sp³-hybridized carbons (Fsp3) is 0.400. The number of nitrogens with one attached hydrogen (secondary N) is 1. The van der Waals surface area contributed by atoms with Gasteiger partial charge in [0.15, 0.2) is 0 Å². The molecule has 0 spiro atoms. The molecule has 0 radical (unpaired) electrons. The zero-order chi connectivity index (χ0) is 9.97. The van der Waals surface area contributed by atoms with Crippen molar-refractivity contribution in [1.82, 2.24) is 5.32 Å². The van der Waals surface area contributed by atoms with Crippen molar-refractivity contribution < 1.29 is 9.13 Å². The Hall–Kier alpha value is -0.640. The lowest BCUT2D eigenvalue weighted by molar-refractivity contribution is 0.0768. The molecule has 0 saturated carbocycles. The van der Waals surface area contributed by atoms with Crippen molar-refractivity contribution in [2.24, 2.45) is 0 Å². The lowest BCUT2D eigenvalue weighted by atomic mass is 10.1. The highest BCUT2D eigenvalue weighted by Crippen LogP contribution is 2.21. The number of hydrogen-bond acceptors (Lipinski definition) is 2. The summed E-state index contributed by atoms with van der Waals surface area (Å²) in [4.78, 5) is 0. The highest BCUT2D eigenvalue weighted by molar-refractivity contribution is 6.30. The summed E-state index contributed by atoms with van der Waals surface area (Å²) in [5.41, 5.74) is 0.881. The SMILES string of the molecule is Fc1cc([C@@H]2COCCN2)ccc1Cl. The fourth-order valence-electron chi connectivity index (χ4n) is 1.51. The molecule has 1 aromatic rings. The van der Waals surface area contributed by atoms with Crippen LogP contribution < -0.4 is 5.32 Å². The standard InChI is InChI=1S/C10H11ClFNO/c11-8-2-1-7(5-9(8)12)10-6-14-4-3-13-10/h1-2,5,10,13H,3-4,6H2/t10-/m0/s1. The van der Waals surface area contributed by atoms with Crippen molar-refractivity contribution in [1.29, 1.82) is 0 Å². The number of morpholine rings is 1. The maximum absolute atomic E-state index is 13.1. The molecule has 2 nitrogen and oxygen atoms in total. The molecule has 1 aliphatic heterocycles. The van der Waals surface area contributed by atoms with Gasteiger partial charge in [0.1, 0.15) is 5.82 Å². The first-order valence-electron chi connectivity index (χ1n) is 4.53. The summed E-state index contributed by atoms with van der Waals surface area (Å²) in [5.74, 6) is -0.378. The van der Waals surface area contributed by atoms with E-state index in [-0.39, 0.29) is 16.9 Å². The Bertz CT molecular complexity index is 326. The summed E-state index contributed by atoms with van der Waals surface area (Å²) >= 11 is 5.59. The van der Waals surface area contributed by atoms with Gasteiger partial charge in [0.2, 0.25) is 0 Å². The van der Waals surface area contributed by atoms with E-state index >= 15 is 0 Å². The molecule has 0 aromatic heterocycles. The van der Waals surface area contributed by atoms with Crippen molar-refractivity contribution in [3.63, 3.8) is 0 Å². The van der Waals surface area contributed by atoms with Gasteiger partial charge < -0.3 is 10.1 Å². The van der Waals surface area contributed by atoms with Crippen LogP contribution in [0, 0.1) is 5.82 Å². The Morgan fingerprint density at radius 1 is 1.50 bits per heavy atom. The number of ether oxygens (including phenoxy) is 1. The van der Waals surface area contributed by atoms with E-state index in [9.17, 15) is 4.39 Å². The molecule has 0 bridgehead atoms. The van der Waals surface area contributed by atoms with E-state index in [0.29, 0.717) is 13.2 Å². The van der Waals surface area contributed by atoms with Crippen LogP contribution in [0.15, 0.2) is 18.2 Å². The summed E-state index contributed by atoms with van der Waals surface area (Å²) in [7, 11) is 0. The quantitative estimate of drug-likeness (QED) is 0.775. The van der Waals surface area contributed by atoms with Crippen LogP contribution in [0.2, 0.25) is 5.02 Å². The third-order valence-corrected chi connectivity index (χ3v) is 2.57. The van der Waals surface area contributed by atoms with E-state index in [1.54, 1.807) is 6.07 Å². The zero-order valence-electron chi connectivity index (χ0n) is 7.59. The highest BCUT2D eigenvalue weighted by atomic mass is 35.5. The van der Waals surface area contributed by atoms with Gasteiger partial charge in [0.05, 0.1) is 24.3 Å². The molecule has 1 atom stereocenters. The average molecular weight is 216 g/mol. The summed E-state index contributed by atoms with van der Waals surface area (Å²) in [5, 5.41) is 3.41. The largest absolute Gasteiger partial charge is 0.378 e. The van der Waals surface area contributed by atoms with Crippen LogP contribution in [-0.2, 0) is 4.74 Å². The van der Waals surface area contributed by atoms with Gasteiger partial charge in [0.25, 0.3) is 0 Å². The van der Waals surface area contributed by atoms with Crippen molar-refractivity contribution in [2.75, 3.05) is 19.8 Å². The maximum Gasteiger partial charge on any atom is 0.142 e. The molecular weight excluding hydrogens is 205 g/mol. The van der Waals surface area contributed by atoms with E-state index in [1.165, 1.54) is 6.07 Å². The number of rotatable bonds is 1. The monoisotopic (exact) mass is 215 g/mol. The van der Waals surface area contributed by atoms with Crippen LogP contribution in [0.25, 0.3) is 0 Å². The molecule has 4 heteroatoms. The van der Waals surface area contributed by atoms with Crippen LogP contribution in [0.4, 0.5) is 4.39 Å². The molecule has 0 aliphatic carbocycles. The van der Waals surface area contributed by atoms with Crippen molar-refractivity contribution >= 4 is 11.6 Å². The van der Waals surface area contributed by atoms with Gasteiger partial charge in [-0.25, -0.2) is 4.39 Å². The third-order valence-electron chi connectivity index (χ3n) is 2.27. The second kappa shape index (κ2) is 4.26. The maximum atomic E-state index is 13.1. The van der Waals surface area contributed by atoms with Crippen LogP contribution in [0.3, 0.4) is 0 Å². The molecule has 0 unspecified atom stereocenters. The molecule has 2 rings (SSSR count). The number of hydrogen-bond donors (Lipinski definition) is 1. The Balaban J connectivity index is 2.18. The molecule has 1 aromatic carbocycles. The first-order chi connectivity index (χ1) is 6.77. The average Bonchev–Trinajstić information content (AvgIpc) is 2.23. The summed E-state index contributed by atoms with van der Waals surface area (Å²) in [6.45, 7) is 2.10. The molecule has 1 saturated heterocycles. The van der Waals surface area contributed by atoms with E-state index in [0.717, 1.165) is 12.1 Å². The van der Waals surface area contributed by atoms with Gasteiger partial charge >= 0.3 is 0 Å². The van der Waals surface area contributed by atoms with Crippen LogP contribution in [0.5, 0.6) is 0 Å². The molecule has 0 amide bonds. The second-order valence-electron chi connectivity index (χ2n) is 3.26. The second-order valence-corrected chi connectivity index (χ2v) is 3.66. The lowest BCUT2D eigenvalue weighted by Crippen LogP contribution is -2.34. The molecule has 1 heterocycles. The van der Waals surface area contributed by atoms with E-state index in [1.807, 2.05) is 6.07 Å². The van der Waals surface area contributed by atoms with Crippen LogP contribution >= 0.6 is 11.6 Å². The molecule has 1 fully saturated rings. The van der Waals surface area contributed by atoms with Crippen molar-refractivity contribution in [3.05, 3.63) is 34.6 Å². The van der Waals surface area contributed by atoms with E-state index < -0.39 is 0 Å². The molecule has 14 heavy (non-hydrogen) atoms. The van der Waals surface area contributed by atoms with Gasteiger partial charge in [-0.2, -0.15) is 0 Å².